The third-order valence-corrected chi connectivity index (χ3v) is 2.98. The topological polar surface area (TPSA) is 38.9 Å². The van der Waals surface area contributed by atoms with E-state index in [9.17, 15) is 8.78 Å². The molecule has 0 bridgehead atoms. The largest absolute Gasteiger partial charge is 0.325 e. The minimum Gasteiger partial charge on any atom is -0.325 e. The van der Waals surface area contributed by atoms with E-state index in [-0.39, 0.29) is 17.1 Å². The molecule has 13 heavy (non-hydrogen) atoms. The molecule has 1 rings (SSSR count). The van der Waals surface area contributed by atoms with Crippen LogP contribution < -0.4 is 5.73 Å². The molecule has 1 aromatic rings. The molecule has 1 aromatic heterocycles. The van der Waals surface area contributed by atoms with Gasteiger partial charge in [-0.15, -0.1) is 0 Å². The van der Waals surface area contributed by atoms with E-state index in [0.29, 0.717) is 10.2 Å². The van der Waals surface area contributed by atoms with Crippen molar-refractivity contribution in [1.29, 1.82) is 0 Å². The van der Waals surface area contributed by atoms with Crippen LogP contribution >= 0.6 is 27.5 Å². The second-order valence-corrected chi connectivity index (χ2v) is 3.46. The first-order valence-corrected chi connectivity index (χ1v) is 4.56. The predicted octanol–water partition coefficient (Wildman–Crippen LogP) is 2.89. The zero-order valence-corrected chi connectivity index (χ0v) is 8.74. The number of halogens is 4. The zero-order chi connectivity index (χ0) is 10.0. The van der Waals surface area contributed by atoms with Crippen molar-refractivity contribution in [2.75, 3.05) is 0 Å². The summed E-state index contributed by atoms with van der Waals surface area (Å²) in [5.41, 5.74) is 5.49. The molecule has 0 aromatic carbocycles. The fourth-order valence-electron chi connectivity index (χ4n) is 0.809. The molecule has 72 valence electrons. The van der Waals surface area contributed by atoms with E-state index in [0.717, 1.165) is 6.20 Å². The number of hydrogen-bond acceptors (Lipinski definition) is 2. The summed E-state index contributed by atoms with van der Waals surface area (Å²) in [5.74, 6) is 0. The van der Waals surface area contributed by atoms with Gasteiger partial charge in [-0.2, -0.15) is 0 Å². The summed E-state index contributed by atoms with van der Waals surface area (Å²) in [6, 6.07) is 0. The lowest BCUT2D eigenvalue weighted by molar-refractivity contribution is 0.151. The number of rotatable bonds is 2. The second-order valence-electron chi connectivity index (χ2n) is 2.29. The van der Waals surface area contributed by atoms with Gasteiger partial charge in [0.25, 0.3) is 6.43 Å². The maximum Gasteiger partial charge on any atom is 0.266 e. The number of alkyl halides is 2. The molecule has 0 saturated carbocycles. The van der Waals surface area contributed by atoms with E-state index >= 15 is 0 Å². The number of pyridine rings is 1. The summed E-state index contributed by atoms with van der Waals surface area (Å²) in [7, 11) is 0. The molecule has 0 spiro atoms. The van der Waals surface area contributed by atoms with Crippen LogP contribution in [-0.4, -0.2) is 4.98 Å². The van der Waals surface area contributed by atoms with Gasteiger partial charge >= 0.3 is 0 Å². The Hall–Kier alpha value is -0.260. The van der Waals surface area contributed by atoms with Crippen molar-refractivity contribution in [3.05, 3.63) is 26.9 Å². The van der Waals surface area contributed by atoms with E-state index in [4.69, 9.17) is 17.3 Å². The molecule has 0 radical (unpaired) electrons. The van der Waals surface area contributed by atoms with Crippen molar-refractivity contribution in [2.45, 2.75) is 13.0 Å². The van der Waals surface area contributed by atoms with Crippen molar-refractivity contribution >= 4 is 27.5 Å². The van der Waals surface area contributed by atoms with Crippen LogP contribution in [0.3, 0.4) is 0 Å². The van der Waals surface area contributed by atoms with Gasteiger partial charge in [-0.3, -0.25) is 4.98 Å². The Kier molecular flexibility index (Phi) is 3.58. The highest BCUT2D eigenvalue weighted by Gasteiger charge is 2.16. The lowest BCUT2D eigenvalue weighted by Crippen LogP contribution is -2.02. The summed E-state index contributed by atoms with van der Waals surface area (Å²) in [6.07, 6.45) is -1.58. The normalized spacial score (nSPS) is 10.9. The molecule has 0 atom stereocenters. The summed E-state index contributed by atoms with van der Waals surface area (Å²) in [6.45, 7) is 0.157. The average Bonchev–Trinajstić information content (AvgIpc) is 2.09. The van der Waals surface area contributed by atoms with Gasteiger partial charge in [0.1, 0.15) is 0 Å². The molecule has 0 saturated heterocycles. The first-order chi connectivity index (χ1) is 6.07. The quantitative estimate of drug-likeness (QED) is 0.898. The predicted molar refractivity (Wildman–Crippen MR) is 49.8 cm³/mol. The highest BCUT2D eigenvalue weighted by molar-refractivity contribution is 9.10. The Labute approximate surface area is 87.2 Å². The molecule has 2 nitrogen and oxygen atoms in total. The standard InChI is InChI=1S/C7H6BrClF2N2/c8-5-4(1-12)13-2-3(6(5)9)7(10)11/h2,7H,1,12H2. The monoisotopic (exact) mass is 270 g/mol. The van der Waals surface area contributed by atoms with Gasteiger partial charge in [-0.1, -0.05) is 11.6 Å². The van der Waals surface area contributed by atoms with Crippen LogP contribution in [0.4, 0.5) is 8.78 Å². The van der Waals surface area contributed by atoms with Crippen LogP contribution in [0.1, 0.15) is 17.7 Å². The van der Waals surface area contributed by atoms with Gasteiger partial charge in [0.2, 0.25) is 0 Å². The summed E-state index contributed by atoms with van der Waals surface area (Å²) >= 11 is 8.70. The van der Waals surface area contributed by atoms with Gasteiger partial charge in [0.15, 0.2) is 0 Å². The maximum atomic E-state index is 12.3. The molecule has 0 aliphatic rings. The van der Waals surface area contributed by atoms with Crippen LogP contribution in [0, 0.1) is 0 Å². The van der Waals surface area contributed by atoms with E-state index < -0.39 is 6.43 Å². The van der Waals surface area contributed by atoms with Crippen molar-refractivity contribution in [3.63, 3.8) is 0 Å². The third-order valence-electron chi connectivity index (χ3n) is 1.49. The van der Waals surface area contributed by atoms with Crippen LogP contribution in [-0.2, 0) is 6.54 Å². The van der Waals surface area contributed by atoms with Gasteiger partial charge < -0.3 is 5.73 Å². The first kappa shape index (κ1) is 10.8. The number of hydrogen-bond donors (Lipinski definition) is 1. The average molecular weight is 271 g/mol. The minimum atomic E-state index is -2.62. The van der Waals surface area contributed by atoms with Crippen molar-refractivity contribution < 1.29 is 8.78 Å². The summed E-state index contributed by atoms with van der Waals surface area (Å²) < 4.78 is 24.9. The van der Waals surface area contributed by atoms with Crippen LogP contribution in [0.25, 0.3) is 0 Å². The molecule has 1 heterocycles. The van der Waals surface area contributed by atoms with Crippen LogP contribution in [0.15, 0.2) is 10.7 Å². The van der Waals surface area contributed by atoms with Crippen molar-refractivity contribution in [1.82, 2.24) is 4.98 Å². The zero-order valence-electron chi connectivity index (χ0n) is 6.40. The molecule has 0 aliphatic heterocycles. The fourth-order valence-corrected chi connectivity index (χ4v) is 1.54. The summed E-state index contributed by atoms with van der Waals surface area (Å²) in [5, 5.41) is -0.0227. The first-order valence-electron chi connectivity index (χ1n) is 3.39. The highest BCUT2D eigenvalue weighted by atomic mass is 79.9. The van der Waals surface area contributed by atoms with E-state index in [2.05, 4.69) is 20.9 Å². The molecule has 6 heteroatoms. The Morgan fingerprint density at radius 2 is 2.23 bits per heavy atom. The van der Waals surface area contributed by atoms with E-state index in [1.54, 1.807) is 0 Å². The van der Waals surface area contributed by atoms with Gasteiger partial charge in [-0.25, -0.2) is 8.78 Å². The molecular formula is C7H6BrClF2N2. The molecular weight excluding hydrogens is 265 g/mol. The van der Waals surface area contributed by atoms with E-state index in [1.807, 2.05) is 0 Å². The highest BCUT2D eigenvalue weighted by Crippen LogP contribution is 2.33. The van der Waals surface area contributed by atoms with E-state index in [1.165, 1.54) is 0 Å². The Bertz CT molecular complexity index is 320. The third kappa shape index (κ3) is 2.15. The number of nitrogens with two attached hydrogens (primary N) is 1. The smallest absolute Gasteiger partial charge is 0.266 e. The van der Waals surface area contributed by atoms with Crippen LogP contribution in [0.5, 0.6) is 0 Å². The SMILES string of the molecule is NCc1ncc(C(F)F)c(Cl)c1Br. The molecule has 0 amide bonds. The molecule has 0 fully saturated rings. The Morgan fingerprint density at radius 1 is 1.62 bits per heavy atom. The van der Waals surface area contributed by atoms with Crippen molar-refractivity contribution in [3.8, 4) is 0 Å². The fraction of sp³-hybridized carbons (Fsp3) is 0.286. The second kappa shape index (κ2) is 4.30. The lowest BCUT2D eigenvalue weighted by Gasteiger charge is -2.07. The van der Waals surface area contributed by atoms with Crippen molar-refractivity contribution in [2.24, 2.45) is 5.73 Å². The number of nitrogens with zero attached hydrogens (tertiary/aromatic N) is 1. The van der Waals surface area contributed by atoms with Crippen LogP contribution in [0.2, 0.25) is 5.02 Å². The maximum absolute atomic E-state index is 12.3. The molecule has 2 N–H and O–H groups in total. The molecule has 0 aliphatic carbocycles. The Morgan fingerprint density at radius 3 is 2.69 bits per heavy atom. The minimum absolute atomic E-state index is 0.0227. The van der Waals surface area contributed by atoms with Gasteiger partial charge in [-0.05, 0) is 15.9 Å². The summed E-state index contributed by atoms with van der Waals surface area (Å²) in [4.78, 5) is 3.74. The van der Waals surface area contributed by atoms with Gasteiger partial charge in [0.05, 0.1) is 20.8 Å². The lowest BCUT2D eigenvalue weighted by atomic mass is 10.2. The molecule has 0 unspecified atom stereocenters. The van der Waals surface area contributed by atoms with Gasteiger partial charge in [0, 0.05) is 12.7 Å². The number of aromatic nitrogens is 1. The Balaban J connectivity index is 3.23.